The standard InChI is InChI=1S/C53H63N5O7S/c1-7-43(36-12-9-8-10-13-36)47(37-20-24-40(59)25-21-37)38-22-26-42(27-23-38)65-29-28-57(6)46(61)15-11-14-44(50(54)62)48(53(3,4)5)52(64)58-32-41(60)30-45(58)51(63)55-31-35-16-18-39(19-17-35)49-34(2)56-33-66-49/h8-10,12-13,16-27,33,41,44-45,48,59-60H,7,11,14-15,28-32H2,1-6H3,(H2,54,62)(H,55,63)/t41-,44?,45+,48-/m1/s1. The number of rotatable bonds is 19. The Labute approximate surface area is 392 Å². The number of amides is 4. The van der Waals surface area contributed by atoms with E-state index in [9.17, 15) is 29.4 Å². The smallest absolute Gasteiger partial charge is 0.243 e. The molecule has 12 nitrogen and oxygen atoms in total. The number of hydrogen-bond donors (Lipinski definition) is 4. The van der Waals surface area contributed by atoms with Gasteiger partial charge in [0.25, 0.3) is 0 Å². The number of nitrogens with two attached hydrogens (primary N) is 1. The fraction of sp³-hybridized carbons (Fsp3) is 0.377. The monoisotopic (exact) mass is 913 g/mol. The number of nitrogens with zero attached hydrogens (tertiary/aromatic N) is 3. The van der Waals surface area contributed by atoms with Crippen LogP contribution in [-0.4, -0.2) is 87.5 Å². The number of phenolic OH excluding ortho intramolecular Hbond substituents is 1. The predicted octanol–water partition coefficient (Wildman–Crippen LogP) is 8.24. The predicted molar refractivity (Wildman–Crippen MR) is 260 cm³/mol. The van der Waals surface area contributed by atoms with Crippen molar-refractivity contribution in [2.45, 2.75) is 85.4 Å². The number of nitrogens with one attached hydrogen (secondary N) is 1. The number of β-amino-alcohol motifs (C(OH)–C–C–N with tert-alkyl or cyclic N) is 1. The van der Waals surface area contributed by atoms with Crippen LogP contribution in [-0.2, 0) is 25.7 Å². The number of carbonyl (C=O) groups excluding carboxylic acids is 4. The molecule has 1 saturated heterocycles. The zero-order chi connectivity index (χ0) is 47.5. The number of carbonyl (C=O) groups is 4. The Morgan fingerprint density at radius 1 is 0.939 bits per heavy atom. The quantitative estimate of drug-likeness (QED) is 0.0600. The van der Waals surface area contributed by atoms with Crippen LogP contribution in [0.25, 0.3) is 21.6 Å². The van der Waals surface area contributed by atoms with Crippen LogP contribution in [0.1, 0.15) is 87.7 Å². The number of likely N-dealkylation sites (tertiary alicyclic amines) is 1. The molecule has 4 aromatic carbocycles. The number of hydrogen-bond acceptors (Lipinski definition) is 9. The maximum absolute atomic E-state index is 14.4. The lowest BCUT2D eigenvalue weighted by Crippen LogP contribution is -2.53. The molecule has 4 amide bonds. The molecule has 13 heteroatoms. The summed E-state index contributed by atoms with van der Waals surface area (Å²) in [6.45, 7) is 10.4. The molecule has 348 valence electrons. The van der Waals surface area contributed by atoms with Crippen molar-refractivity contribution in [3.05, 3.63) is 137 Å². The number of likely N-dealkylation sites (N-methyl/N-ethyl adjacent to an activating group) is 1. The lowest BCUT2D eigenvalue weighted by molar-refractivity contribution is -0.149. The summed E-state index contributed by atoms with van der Waals surface area (Å²) >= 11 is 1.57. The summed E-state index contributed by atoms with van der Waals surface area (Å²) in [7, 11) is 1.70. The van der Waals surface area contributed by atoms with Crippen LogP contribution in [0.15, 0.2) is 109 Å². The molecule has 5 aromatic rings. The van der Waals surface area contributed by atoms with Gasteiger partial charge in [-0.2, -0.15) is 0 Å². The second-order valence-electron chi connectivity index (χ2n) is 18.1. The number of aliphatic hydroxyl groups excluding tert-OH is 1. The second kappa shape index (κ2) is 22.3. The van der Waals surface area contributed by atoms with Gasteiger partial charge in [-0.1, -0.05) is 107 Å². The number of aliphatic hydroxyl groups is 1. The number of benzene rings is 4. The highest BCUT2D eigenvalue weighted by Crippen LogP contribution is 2.39. The summed E-state index contributed by atoms with van der Waals surface area (Å²) in [6, 6.07) is 32.3. The molecular formula is C53H63N5O7S. The van der Waals surface area contributed by atoms with Crippen molar-refractivity contribution < 1.29 is 34.1 Å². The van der Waals surface area contributed by atoms with Crippen LogP contribution in [0.3, 0.4) is 0 Å². The van der Waals surface area contributed by atoms with E-state index in [1.54, 1.807) is 35.4 Å². The molecule has 0 radical (unpaired) electrons. The zero-order valence-electron chi connectivity index (χ0n) is 38.8. The van der Waals surface area contributed by atoms with Gasteiger partial charge in [0.15, 0.2) is 0 Å². The highest BCUT2D eigenvalue weighted by atomic mass is 32.1. The molecule has 1 aliphatic rings. The Hall–Kier alpha value is -6.31. The number of aromatic hydroxyl groups is 1. The maximum atomic E-state index is 14.4. The van der Waals surface area contributed by atoms with Crippen LogP contribution < -0.4 is 15.8 Å². The van der Waals surface area contributed by atoms with E-state index >= 15 is 0 Å². The van der Waals surface area contributed by atoms with Gasteiger partial charge in [-0.25, -0.2) is 4.98 Å². The van der Waals surface area contributed by atoms with Crippen molar-refractivity contribution in [3.8, 4) is 21.9 Å². The number of phenols is 1. The number of ether oxygens (including phenoxy) is 1. The van der Waals surface area contributed by atoms with E-state index in [4.69, 9.17) is 10.5 Å². The molecule has 5 N–H and O–H groups in total. The second-order valence-corrected chi connectivity index (χ2v) is 19.0. The minimum atomic E-state index is -0.922. The van der Waals surface area contributed by atoms with Crippen LogP contribution in [0.2, 0.25) is 0 Å². The third kappa shape index (κ3) is 12.3. The van der Waals surface area contributed by atoms with Gasteiger partial charge in [0.1, 0.15) is 24.1 Å². The molecule has 0 bridgehead atoms. The minimum absolute atomic E-state index is 0.0423. The number of aromatic nitrogens is 1. The van der Waals surface area contributed by atoms with Crippen LogP contribution in [0.5, 0.6) is 11.5 Å². The molecule has 0 saturated carbocycles. The number of allylic oxidation sites excluding steroid dienone is 1. The van der Waals surface area contributed by atoms with Crippen LogP contribution in [0, 0.1) is 24.2 Å². The van der Waals surface area contributed by atoms with Gasteiger partial charge in [-0.15, -0.1) is 11.3 Å². The van der Waals surface area contributed by atoms with Gasteiger partial charge in [-0.05, 0) is 94.8 Å². The van der Waals surface area contributed by atoms with E-state index in [1.807, 2.05) is 112 Å². The highest BCUT2D eigenvalue weighted by Gasteiger charge is 2.47. The van der Waals surface area contributed by atoms with Crippen molar-refractivity contribution in [3.63, 3.8) is 0 Å². The molecular weight excluding hydrogens is 851 g/mol. The van der Waals surface area contributed by atoms with Gasteiger partial charge in [0.05, 0.1) is 34.6 Å². The first kappa shape index (κ1) is 49.1. The normalized spacial score (nSPS) is 16.3. The van der Waals surface area contributed by atoms with E-state index in [0.717, 1.165) is 50.4 Å². The molecule has 4 atom stereocenters. The summed E-state index contributed by atoms with van der Waals surface area (Å²) < 4.78 is 6.07. The van der Waals surface area contributed by atoms with Crippen molar-refractivity contribution in [1.82, 2.24) is 20.1 Å². The van der Waals surface area contributed by atoms with Gasteiger partial charge >= 0.3 is 0 Å². The largest absolute Gasteiger partial charge is 0.508 e. The maximum Gasteiger partial charge on any atom is 0.243 e. The SMILES string of the molecule is CCC(=C(c1ccc(O)cc1)c1ccc(OCCN(C)C(=O)CCCC(C(N)=O)[C@H](C(=O)N2C[C@H](O)C[C@H]2C(=O)NCc2ccc(-c3scnc3C)cc2)C(C)(C)C)cc1)c1ccccc1. The van der Waals surface area contributed by atoms with Gasteiger partial charge in [0, 0.05) is 38.9 Å². The van der Waals surface area contributed by atoms with Crippen molar-refractivity contribution in [1.29, 1.82) is 0 Å². The van der Waals surface area contributed by atoms with Crippen molar-refractivity contribution >= 4 is 46.1 Å². The van der Waals surface area contributed by atoms with Crippen molar-refractivity contribution in [2.24, 2.45) is 23.0 Å². The lowest BCUT2D eigenvalue weighted by atomic mass is 9.70. The van der Waals surface area contributed by atoms with Crippen molar-refractivity contribution in [2.75, 3.05) is 26.7 Å². The van der Waals surface area contributed by atoms with E-state index in [-0.39, 0.29) is 56.5 Å². The first-order valence-corrected chi connectivity index (χ1v) is 23.5. The first-order chi connectivity index (χ1) is 31.5. The molecule has 0 spiro atoms. The van der Waals surface area contributed by atoms with Gasteiger partial charge < -0.3 is 35.8 Å². The fourth-order valence-electron chi connectivity index (χ4n) is 8.88. The van der Waals surface area contributed by atoms with E-state index in [2.05, 4.69) is 29.4 Å². The van der Waals surface area contributed by atoms with Crippen LogP contribution >= 0.6 is 11.3 Å². The molecule has 0 aliphatic carbocycles. The summed E-state index contributed by atoms with van der Waals surface area (Å²) in [5.74, 6) is -2.55. The number of thiazole rings is 1. The number of aryl methyl sites for hydroxylation is 1. The highest BCUT2D eigenvalue weighted by molar-refractivity contribution is 7.13. The average molecular weight is 914 g/mol. The lowest BCUT2D eigenvalue weighted by Gasteiger charge is -2.38. The van der Waals surface area contributed by atoms with E-state index in [1.165, 1.54) is 10.5 Å². The Bertz CT molecular complexity index is 2460. The number of primary amides is 1. The molecule has 1 aliphatic heterocycles. The average Bonchev–Trinajstić information content (AvgIpc) is 3.92. The summed E-state index contributed by atoms with van der Waals surface area (Å²) in [5.41, 5.74) is 15.3. The van der Waals surface area contributed by atoms with Crippen LogP contribution in [0.4, 0.5) is 0 Å². The van der Waals surface area contributed by atoms with Gasteiger partial charge in [-0.3, -0.25) is 19.2 Å². The first-order valence-electron chi connectivity index (χ1n) is 22.7. The fourth-order valence-corrected chi connectivity index (χ4v) is 9.69. The topological polar surface area (TPSA) is 175 Å². The molecule has 1 fully saturated rings. The summed E-state index contributed by atoms with van der Waals surface area (Å²) in [5, 5.41) is 23.6. The molecule has 2 heterocycles. The molecule has 6 rings (SSSR count). The third-order valence-electron chi connectivity index (χ3n) is 12.4. The Morgan fingerprint density at radius 2 is 1.59 bits per heavy atom. The molecule has 1 unspecified atom stereocenters. The Kier molecular flexibility index (Phi) is 16.6. The Morgan fingerprint density at radius 3 is 2.18 bits per heavy atom. The van der Waals surface area contributed by atoms with Gasteiger partial charge in [0.2, 0.25) is 23.6 Å². The third-order valence-corrected chi connectivity index (χ3v) is 13.3. The van der Waals surface area contributed by atoms with E-state index in [0.29, 0.717) is 18.7 Å². The molecule has 1 aromatic heterocycles. The minimum Gasteiger partial charge on any atom is -0.508 e. The summed E-state index contributed by atoms with van der Waals surface area (Å²) in [4.78, 5) is 62.9. The zero-order valence-corrected chi connectivity index (χ0v) is 39.6. The molecule has 66 heavy (non-hydrogen) atoms. The van der Waals surface area contributed by atoms with E-state index < -0.39 is 41.2 Å². The summed E-state index contributed by atoms with van der Waals surface area (Å²) in [6.07, 6.45) is 0.604. The Balaban J connectivity index is 1.03.